The maximum absolute atomic E-state index is 4.78. The fourth-order valence-corrected chi connectivity index (χ4v) is 3.21. The van der Waals surface area contributed by atoms with Crippen molar-refractivity contribution in [3.8, 4) is 0 Å². The summed E-state index contributed by atoms with van der Waals surface area (Å²) in [6.45, 7) is 12.7. The maximum atomic E-state index is 4.78. The molecule has 2 heterocycles. The van der Waals surface area contributed by atoms with Gasteiger partial charge in [0.1, 0.15) is 0 Å². The molecule has 1 saturated carbocycles. The zero-order valence-corrected chi connectivity index (χ0v) is 17.5. The topological polar surface area (TPSA) is 30.2 Å². The number of aliphatic imine (C=N–C) groups is 1. The number of hydrogen-bond donors (Lipinski definition) is 0. The zero-order valence-electron chi connectivity index (χ0n) is 17.5. The van der Waals surface area contributed by atoms with Crippen molar-refractivity contribution in [3.05, 3.63) is 29.5 Å². The molecule has 1 aromatic carbocycles. The highest BCUT2D eigenvalue weighted by Gasteiger charge is 2.24. The molecule has 2 aliphatic rings. The van der Waals surface area contributed by atoms with Gasteiger partial charge in [0.05, 0.1) is 24.3 Å². The van der Waals surface area contributed by atoms with E-state index in [2.05, 4.69) is 62.5 Å². The van der Waals surface area contributed by atoms with Gasteiger partial charge in [-0.2, -0.15) is 5.10 Å². The van der Waals surface area contributed by atoms with Crippen molar-refractivity contribution in [1.82, 2.24) is 9.78 Å². The van der Waals surface area contributed by atoms with E-state index in [1.165, 1.54) is 60.7 Å². The third-order valence-corrected chi connectivity index (χ3v) is 4.75. The van der Waals surface area contributed by atoms with Crippen molar-refractivity contribution in [2.45, 2.75) is 85.6 Å². The minimum atomic E-state index is 0.743. The maximum Gasteiger partial charge on any atom is 0.0965 e. The Morgan fingerprint density at radius 1 is 1.12 bits per heavy atom. The molecule has 1 fully saturated rings. The summed E-state index contributed by atoms with van der Waals surface area (Å²) < 4.78 is 2.11. The monoisotopic (exact) mass is 355 g/mol. The molecular weight excluding hydrogens is 318 g/mol. The Morgan fingerprint density at radius 2 is 1.81 bits per heavy atom. The number of rotatable bonds is 3. The van der Waals surface area contributed by atoms with Crippen LogP contribution in [0.1, 0.15) is 90.3 Å². The first-order chi connectivity index (χ1) is 12.6. The Kier molecular flexibility index (Phi) is 8.34. The summed E-state index contributed by atoms with van der Waals surface area (Å²) in [5.41, 5.74) is 3.84. The Labute approximate surface area is 159 Å². The molecule has 0 unspecified atom stereocenters. The van der Waals surface area contributed by atoms with Gasteiger partial charge in [-0.1, -0.05) is 78.5 Å². The van der Waals surface area contributed by atoms with Gasteiger partial charge in [-0.25, -0.2) is 0 Å². The SMILES string of the molecule is C1=NCCn2nc3c(C4CCC4)cccc3c21.CC(C)C.CCCCC. The minimum absolute atomic E-state index is 0.743. The van der Waals surface area contributed by atoms with Crippen LogP contribution in [-0.4, -0.2) is 22.5 Å². The summed E-state index contributed by atoms with van der Waals surface area (Å²) in [5.74, 6) is 1.58. The summed E-state index contributed by atoms with van der Waals surface area (Å²) in [6.07, 6.45) is 10.1. The van der Waals surface area contributed by atoms with Crippen LogP contribution in [-0.2, 0) is 6.54 Å². The van der Waals surface area contributed by atoms with Crippen LogP contribution in [0.15, 0.2) is 23.2 Å². The van der Waals surface area contributed by atoms with Gasteiger partial charge in [-0.05, 0) is 30.2 Å². The molecule has 1 aliphatic carbocycles. The van der Waals surface area contributed by atoms with Crippen molar-refractivity contribution in [2.75, 3.05) is 6.54 Å². The molecule has 0 bridgehead atoms. The van der Waals surface area contributed by atoms with E-state index in [1.807, 2.05) is 6.21 Å². The van der Waals surface area contributed by atoms with E-state index in [4.69, 9.17) is 5.10 Å². The Hall–Kier alpha value is -1.64. The highest BCUT2D eigenvalue weighted by atomic mass is 15.3. The summed E-state index contributed by atoms with van der Waals surface area (Å²) in [4.78, 5) is 4.36. The molecule has 0 spiro atoms. The summed E-state index contributed by atoms with van der Waals surface area (Å²) in [5, 5.41) is 6.06. The van der Waals surface area contributed by atoms with Gasteiger partial charge in [0.15, 0.2) is 0 Å². The molecule has 144 valence electrons. The van der Waals surface area contributed by atoms with Gasteiger partial charge in [0.2, 0.25) is 0 Å². The molecule has 26 heavy (non-hydrogen) atoms. The van der Waals surface area contributed by atoms with E-state index in [9.17, 15) is 0 Å². The molecule has 0 saturated heterocycles. The van der Waals surface area contributed by atoms with Crippen LogP contribution in [0.5, 0.6) is 0 Å². The van der Waals surface area contributed by atoms with Crippen molar-refractivity contribution in [1.29, 1.82) is 0 Å². The highest BCUT2D eigenvalue weighted by molar-refractivity contribution is 5.98. The molecular formula is C23H37N3. The van der Waals surface area contributed by atoms with Crippen LogP contribution in [0.4, 0.5) is 0 Å². The lowest BCUT2D eigenvalue weighted by molar-refractivity contribution is 0.421. The van der Waals surface area contributed by atoms with Crippen LogP contribution >= 0.6 is 0 Å². The van der Waals surface area contributed by atoms with Gasteiger partial charge in [0, 0.05) is 11.6 Å². The molecule has 0 N–H and O–H groups in total. The molecule has 0 radical (unpaired) electrons. The second-order valence-corrected chi connectivity index (χ2v) is 8.10. The van der Waals surface area contributed by atoms with Gasteiger partial charge in [-0.15, -0.1) is 0 Å². The Bertz CT molecular complexity index is 688. The van der Waals surface area contributed by atoms with Gasteiger partial charge < -0.3 is 0 Å². The predicted molar refractivity (Wildman–Crippen MR) is 114 cm³/mol. The van der Waals surface area contributed by atoms with E-state index in [0.29, 0.717) is 0 Å². The Balaban J connectivity index is 0.000000229. The lowest BCUT2D eigenvalue weighted by Crippen LogP contribution is -2.12. The Morgan fingerprint density at radius 3 is 2.35 bits per heavy atom. The van der Waals surface area contributed by atoms with Crippen molar-refractivity contribution < 1.29 is 0 Å². The normalized spacial score (nSPS) is 15.6. The number of fused-ring (bicyclic) bond motifs is 3. The average Bonchev–Trinajstić information content (AvgIpc) is 2.94. The molecule has 1 aromatic heterocycles. The van der Waals surface area contributed by atoms with Crippen LogP contribution in [0.25, 0.3) is 10.9 Å². The third-order valence-electron chi connectivity index (χ3n) is 4.75. The predicted octanol–water partition coefficient (Wildman–Crippen LogP) is 6.60. The highest BCUT2D eigenvalue weighted by Crippen LogP contribution is 2.39. The van der Waals surface area contributed by atoms with Crippen LogP contribution in [0.3, 0.4) is 0 Å². The fourth-order valence-electron chi connectivity index (χ4n) is 3.21. The largest absolute Gasteiger partial charge is 0.289 e. The van der Waals surface area contributed by atoms with E-state index in [-0.39, 0.29) is 0 Å². The number of unbranched alkanes of at least 4 members (excludes halogenated alkanes) is 2. The molecule has 2 aromatic rings. The minimum Gasteiger partial charge on any atom is -0.289 e. The molecule has 0 amide bonds. The first kappa shape index (κ1) is 20.7. The standard InChI is InChI=1S/C14H15N3.C5H12.C4H10/c1-3-10(4-1)11-5-2-6-12-13-9-15-7-8-17(13)16-14(11)12;1-3-5-4-2;1-4(2)3/h2,5-6,9-10H,1,3-4,7-8H2;3-5H2,1-2H3;4H,1-3H3. The van der Waals surface area contributed by atoms with E-state index in [0.717, 1.165) is 24.9 Å². The number of benzene rings is 1. The zero-order chi connectivity index (χ0) is 18.9. The summed E-state index contributed by atoms with van der Waals surface area (Å²) >= 11 is 0. The summed E-state index contributed by atoms with van der Waals surface area (Å²) in [6, 6.07) is 6.59. The van der Waals surface area contributed by atoms with Crippen LogP contribution in [0.2, 0.25) is 0 Å². The molecule has 4 rings (SSSR count). The number of aromatic nitrogens is 2. The van der Waals surface area contributed by atoms with Gasteiger partial charge >= 0.3 is 0 Å². The quantitative estimate of drug-likeness (QED) is 0.610. The number of nitrogens with zero attached hydrogens (tertiary/aromatic N) is 3. The lowest BCUT2D eigenvalue weighted by Gasteiger charge is -2.25. The van der Waals surface area contributed by atoms with Crippen molar-refractivity contribution in [2.24, 2.45) is 10.9 Å². The van der Waals surface area contributed by atoms with E-state index < -0.39 is 0 Å². The third kappa shape index (κ3) is 5.43. The lowest BCUT2D eigenvalue weighted by atomic mass is 9.79. The van der Waals surface area contributed by atoms with E-state index >= 15 is 0 Å². The molecule has 3 nitrogen and oxygen atoms in total. The molecule has 3 heteroatoms. The van der Waals surface area contributed by atoms with Gasteiger partial charge in [-0.3, -0.25) is 9.67 Å². The van der Waals surface area contributed by atoms with Crippen LogP contribution in [0, 0.1) is 5.92 Å². The smallest absolute Gasteiger partial charge is 0.0965 e. The second-order valence-electron chi connectivity index (χ2n) is 8.10. The number of hydrogen-bond acceptors (Lipinski definition) is 2. The van der Waals surface area contributed by atoms with Gasteiger partial charge in [0.25, 0.3) is 0 Å². The van der Waals surface area contributed by atoms with E-state index in [1.54, 1.807) is 0 Å². The van der Waals surface area contributed by atoms with Crippen LogP contribution < -0.4 is 0 Å². The second kappa shape index (κ2) is 10.5. The summed E-state index contributed by atoms with van der Waals surface area (Å²) in [7, 11) is 0. The molecule has 0 atom stereocenters. The van der Waals surface area contributed by atoms with Crippen molar-refractivity contribution >= 4 is 17.1 Å². The fraction of sp³-hybridized carbons (Fsp3) is 0.652. The first-order valence-corrected chi connectivity index (χ1v) is 10.6. The molecule has 1 aliphatic heterocycles. The average molecular weight is 356 g/mol. The first-order valence-electron chi connectivity index (χ1n) is 10.6. The van der Waals surface area contributed by atoms with Crippen molar-refractivity contribution in [3.63, 3.8) is 0 Å².